The van der Waals surface area contributed by atoms with Gasteiger partial charge in [0.25, 0.3) is 0 Å². The average molecular weight is 719 g/mol. The highest BCUT2D eigenvalue weighted by Gasteiger charge is 2.29. The highest BCUT2D eigenvalue weighted by atomic mass is 32.2. The quantitative estimate of drug-likeness (QED) is 0.170. The van der Waals surface area contributed by atoms with Crippen molar-refractivity contribution in [3.63, 3.8) is 0 Å². The maximum atomic E-state index is 5.25. The Morgan fingerprint density at radius 3 is 2.02 bits per heavy atom. The minimum Gasteiger partial charge on any atom is -0.295 e. The fraction of sp³-hybridized carbons (Fsp3) is 0. The summed E-state index contributed by atoms with van der Waals surface area (Å²) < 4.78 is 4.95. The first kappa shape index (κ1) is 30.5. The van der Waals surface area contributed by atoms with Crippen LogP contribution in [0.25, 0.3) is 99.7 Å². The largest absolute Gasteiger partial charge is 0.295 e. The second-order valence-electron chi connectivity index (χ2n) is 14.1. The molecule has 0 N–H and O–H groups in total. The van der Waals surface area contributed by atoms with E-state index in [-0.39, 0.29) is 0 Å². The summed E-state index contributed by atoms with van der Waals surface area (Å²) in [6.45, 7) is 0. The van der Waals surface area contributed by atoms with Crippen LogP contribution in [0, 0.1) is 0 Å². The Morgan fingerprint density at radius 2 is 1.15 bits per heavy atom. The summed E-state index contributed by atoms with van der Waals surface area (Å²) in [6, 6.07) is 65.2. The summed E-state index contributed by atoms with van der Waals surface area (Å²) in [5, 5.41) is 7.13. The van der Waals surface area contributed by atoms with E-state index in [4.69, 9.17) is 9.97 Å². The molecule has 4 nitrogen and oxygen atoms in total. The molecule has 256 valence electrons. The molecule has 0 amide bonds. The number of rotatable bonds is 4. The molecule has 55 heavy (non-hydrogen) atoms. The Kier molecular flexibility index (Phi) is 6.53. The lowest BCUT2D eigenvalue weighted by Crippen LogP contribution is -2.05. The number of hydrogen-bond acceptors (Lipinski definition) is 3. The standard InChI is InChI=1S/C50H30N4S/c1-3-14-33(15-4-1)46-39-30-29-31-13-7-8-18-37(31)47(39)52-49(51-46)34-27-25-32(26-28-34)36-19-11-22-41-44(36)45-38-20-12-24-43-48(38)54(40-21-9-10-23-42(40)55-43)50(45)53(41)35-16-5-2-6-17-35/h1-30H. The van der Waals surface area contributed by atoms with Crippen LogP contribution >= 0.6 is 11.8 Å². The fourth-order valence-corrected chi connectivity index (χ4v) is 9.80. The zero-order valence-electron chi connectivity index (χ0n) is 29.5. The van der Waals surface area contributed by atoms with Gasteiger partial charge < -0.3 is 0 Å². The lowest BCUT2D eigenvalue weighted by Gasteiger charge is -2.21. The van der Waals surface area contributed by atoms with E-state index in [0.29, 0.717) is 0 Å². The number of nitrogens with zero attached hydrogens (tertiary/aromatic N) is 4. The zero-order valence-corrected chi connectivity index (χ0v) is 30.3. The van der Waals surface area contributed by atoms with Gasteiger partial charge >= 0.3 is 0 Å². The maximum absolute atomic E-state index is 5.25. The molecular weight excluding hydrogens is 689 g/mol. The van der Waals surface area contributed by atoms with Gasteiger partial charge in [-0.3, -0.25) is 9.13 Å². The third kappa shape index (κ3) is 4.48. The minimum atomic E-state index is 0.718. The second kappa shape index (κ2) is 11.8. The van der Waals surface area contributed by atoms with Gasteiger partial charge in [-0.05, 0) is 59.0 Å². The van der Waals surface area contributed by atoms with Gasteiger partial charge in [-0.2, -0.15) is 0 Å². The van der Waals surface area contributed by atoms with Crippen molar-refractivity contribution in [2.24, 2.45) is 0 Å². The van der Waals surface area contributed by atoms with Gasteiger partial charge in [0, 0.05) is 53.5 Å². The minimum absolute atomic E-state index is 0.718. The molecule has 0 saturated heterocycles. The molecule has 1 aliphatic rings. The van der Waals surface area contributed by atoms with Gasteiger partial charge in [-0.25, -0.2) is 9.97 Å². The molecule has 1 aliphatic heterocycles. The second-order valence-corrected chi connectivity index (χ2v) is 15.2. The summed E-state index contributed by atoms with van der Waals surface area (Å²) in [7, 11) is 0. The third-order valence-corrected chi connectivity index (χ3v) is 12.2. The predicted octanol–water partition coefficient (Wildman–Crippen LogP) is 13.3. The molecule has 0 radical (unpaired) electrons. The van der Waals surface area contributed by atoms with Gasteiger partial charge in [0.2, 0.25) is 0 Å². The van der Waals surface area contributed by atoms with Crippen molar-refractivity contribution < 1.29 is 0 Å². The van der Waals surface area contributed by atoms with Crippen LogP contribution in [-0.4, -0.2) is 19.1 Å². The molecule has 3 aromatic heterocycles. The van der Waals surface area contributed by atoms with Crippen LogP contribution in [0.2, 0.25) is 0 Å². The van der Waals surface area contributed by atoms with Gasteiger partial charge in [-0.15, -0.1) is 0 Å². The highest BCUT2D eigenvalue weighted by molar-refractivity contribution is 7.99. The van der Waals surface area contributed by atoms with Crippen LogP contribution in [0.5, 0.6) is 0 Å². The number of hydrogen-bond donors (Lipinski definition) is 0. The van der Waals surface area contributed by atoms with E-state index in [0.717, 1.165) is 50.2 Å². The Morgan fingerprint density at radius 1 is 0.436 bits per heavy atom. The molecule has 0 bridgehead atoms. The summed E-state index contributed by atoms with van der Waals surface area (Å²) in [5.74, 6) is 0.718. The lowest BCUT2D eigenvalue weighted by molar-refractivity contribution is 1.03. The van der Waals surface area contributed by atoms with E-state index < -0.39 is 0 Å². The Hall–Kier alpha value is -6.95. The molecule has 0 fully saturated rings. The lowest BCUT2D eigenvalue weighted by atomic mass is 9.97. The van der Waals surface area contributed by atoms with Gasteiger partial charge in [0.1, 0.15) is 5.65 Å². The third-order valence-electron chi connectivity index (χ3n) is 11.1. The number of fused-ring (bicyclic) bond motifs is 10. The van der Waals surface area contributed by atoms with Crippen molar-refractivity contribution in [1.29, 1.82) is 0 Å². The Bertz CT molecular complexity index is 3330. The van der Waals surface area contributed by atoms with Crippen LogP contribution in [0.15, 0.2) is 192 Å². The van der Waals surface area contributed by atoms with Crippen molar-refractivity contribution in [2.45, 2.75) is 9.79 Å². The first-order chi connectivity index (χ1) is 27.3. The smallest absolute Gasteiger partial charge is 0.160 e. The molecular formula is C50H30N4S. The van der Waals surface area contributed by atoms with Crippen LogP contribution < -0.4 is 0 Å². The SMILES string of the molecule is c1ccc(-c2nc(-c3ccc(-c4cccc5c4c4c6cccc7c6n(c4n5-c4ccccc4)-c4ccccc4S7)cc3)nc3c2ccc2ccccc23)cc1. The first-order valence-corrected chi connectivity index (χ1v) is 19.4. The van der Waals surface area contributed by atoms with Crippen LogP contribution in [0.3, 0.4) is 0 Å². The molecule has 0 aliphatic carbocycles. The topological polar surface area (TPSA) is 35.6 Å². The maximum Gasteiger partial charge on any atom is 0.160 e. The molecule has 0 unspecified atom stereocenters. The van der Waals surface area contributed by atoms with Crippen molar-refractivity contribution in [2.75, 3.05) is 0 Å². The molecule has 0 saturated carbocycles. The zero-order chi connectivity index (χ0) is 36.0. The van der Waals surface area contributed by atoms with Crippen molar-refractivity contribution in [3.8, 4) is 45.1 Å². The molecule has 5 heteroatoms. The Balaban J connectivity index is 1.10. The Labute approximate surface area is 321 Å². The van der Waals surface area contributed by atoms with Crippen molar-refractivity contribution in [3.05, 3.63) is 182 Å². The van der Waals surface area contributed by atoms with E-state index >= 15 is 0 Å². The average Bonchev–Trinajstić information content (AvgIpc) is 3.78. The number of aromatic nitrogens is 4. The molecule has 12 rings (SSSR count). The fourth-order valence-electron chi connectivity index (χ4n) is 8.70. The van der Waals surface area contributed by atoms with Gasteiger partial charge in [0.05, 0.1) is 27.9 Å². The number of benzene rings is 8. The van der Waals surface area contributed by atoms with Crippen LogP contribution in [0.1, 0.15) is 0 Å². The van der Waals surface area contributed by atoms with E-state index in [1.165, 1.54) is 59.3 Å². The number of para-hydroxylation sites is 3. The van der Waals surface area contributed by atoms with Crippen molar-refractivity contribution in [1.82, 2.24) is 19.1 Å². The summed E-state index contributed by atoms with van der Waals surface area (Å²) in [5.41, 5.74) is 12.3. The monoisotopic (exact) mass is 718 g/mol. The molecule has 4 heterocycles. The summed E-state index contributed by atoms with van der Waals surface area (Å²) in [4.78, 5) is 13.0. The highest BCUT2D eigenvalue weighted by Crippen LogP contribution is 2.51. The summed E-state index contributed by atoms with van der Waals surface area (Å²) >= 11 is 1.86. The first-order valence-electron chi connectivity index (χ1n) is 18.6. The van der Waals surface area contributed by atoms with Gasteiger partial charge in [-0.1, -0.05) is 151 Å². The van der Waals surface area contributed by atoms with Crippen molar-refractivity contribution >= 4 is 66.3 Å². The van der Waals surface area contributed by atoms with E-state index in [1.54, 1.807) is 0 Å². The molecule has 8 aromatic carbocycles. The molecule has 0 atom stereocenters. The summed E-state index contributed by atoms with van der Waals surface area (Å²) in [6.07, 6.45) is 0. The normalized spacial score (nSPS) is 12.3. The van der Waals surface area contributed by atoms with Crippen LogP contribution in [-0.2, 0) is 0 Å². The molecule has 0 spiro atoms. The van der Waals surface area contributed by atoms with E-state index in [9.17, 15) is 0 Å². The van der Waals surface area contributed by atoms with E-state index in [2.05, 4.69) is 185 Å². The van der Waals surface area contributed by atoms with Gasteiger partial charge in [0.15, 0.2) is 5.82 Å². The predicted molar refractivity (Wildman–Crippen MR) is 229 cm³/mol. The van der Waals surface area contributed by atoms with E-state index in [1.807, 2.05) is 17.8 Å². The molecule has 11 aromatic rings. The van der Waals surface area contributed by atoms with Crippen LogP contribution in [0.4, 0.5) is 0 Å².